The van der Waals surface area contributed by atoms with Gasteiger partial charge >= 0.3 is 0 Å². The Balaban J connectivity index is 2.09. The van der Waals surface area contributed by atoms with Crippen LogP contribution in [0.3, 0.4) is 0 Å². The SMILES string of the molecule is CCC(C(N)=S)N1CCOC2CCCC21. The number of hydrogen-bond donors (Lipinski definition) is 1. The fourth-order valence-electron chi connectivity index (χ4n) is 2.94. The fourth-order valence-corrected chi connectivity index (χ4v) is 3.24. The molecule has 2 N–H and O–H groups in total. The lowest BCUT2D eigenvalue weighted by atomic mass is 10.1. The summed E-state index contributed by atoms with van der Waals surface area (Å²) in [6.07, 6.45) is 5.17. The van der Waals surface area contributed by atoms with Gasteiger partial charge in [-0.15, -0.1) is 0 Å². The summed E-state index contributed by atoms with van der Waals surface area (Å²) in [5, 5.41) is 0. The second kappa shape index (κ2) is 4.76. The third-order valence-corrected chi connectivity index (χ3v) is 3.91. The number of nitrogens with two attached hydrogens (primary N) is 1. The Labute approximate surface area is 96.9 Å². The van der Waals surface area contributed by atoms with Crippen molar-refractivity contribution in [1.82, 2.24) is 4.90 Å². The zero-order chi connectivity index (χ0) is 10.8. The third-order valence-electron chi connectivity index (χ3n) is 3.64. The van der Waals surface area contributed by atoms with Crippen molar-refractivity contribution in [3.63, 3.8) is 0 Å². The average Bonchev–Trinajstić information content (AvgIpc) is 2.66. The standard InChI is InChI=1S/C11H20N2OS/c1-2-8(11(12)15)13-6-7-14-10-5-3-4-9(10)13/h8-10H,2-7H2,1H3,(H2,12,15). The first-order valence-electron chi connectivity index (χ1n) is 5.90. The second-order valence-corrected chi connectivity index (χ2v) is 4.94. The summed E-state index contributed by atoms with van der Waals surface area (Å²) in [5.74, 6) is 0. The van der Waals surface area contributed by atoms with Crippen molar-refractivity contribution >= 4 is 17.2 Å². The number of nitrogens with zero attached hydrogens (tertiary/aromatic N) is 1. The van der Waals surface area contributed by atoms with E-state index in [1.54, 1.807) is 0 Å². The van der Waals surface area contributed by atoms with Crippen LogP contribution >= 0.6 is 12.2 Å². The molecule has 1 heterocycles. The van der Waals surface area contributed by atoms with Gasteiger partial charge in [-0.05, 0) is 25.7 Å². The predicted molar refractivity (Wildman–Crippen MR) is 64.9 cm³/mol. The number of hydrogen-bond acceptors (Lipinski definition) is 3. The molecule has 0 spiro atoms. The lowest BCUT2D eigenvalue weighted by Crippen LogP contribution is -2.56. The van der Waals surface area contributed by atoms with E-state index in [0.29, 0.717) is 17.1 Å². The molecule has 0 bridgehead atoms. The van der Waals surface area contributed by atoms with E-state index in [2.05, 4.69) is 11.8 Å². The molecule has 0 aromatic rings. The van der Waals surface area contributed by atoms with Crippen LogP contribution in [0.4, 0.5) is 0 Å². The Bertz CT molecular complexity index is 247. The van der Waals surface area contributed by atoms with Crippen molar-refractivity contribution in [2.75, 3.05) is 13.2 Å². The molecular formula is C11H20N2OS. The molecule has 1 aliphatic heterocycles. The van der Waals surface area contributed by atoms with Crippen LogP contribution in [0.5, 0.6) is 0 Å². The molecule has 2 aliphatic rings. The Morgan fingerprint density at radius 3 is 3.07 bits per heavy atom. The Morgan fingerprint density at radius 1 is 1.60 bits per heavy atom. The van der Waals surface area contributed by atoms with Crippen molar-refractivity contribution in [2.24, 2.45) is 5.73 Å². The monoisotopic (exact) mass is 228 g/mol. The molecule has 2 rings (SSSR count). The molecule has 1 saturated heterocycles. The zero-order valence-electron chi connectivity index (χ0n) is 9.32. The largest absolute Gasteiger partial charge is 0.392 e. The van der Waals surface area contributed by atoms with E-state index in [0.717, 1.165) is 19.6 Å². The fraction of sp³-hybridized carbons (Fsp3) is 0.909. The van der Waals surface area contributed by atoms with Gasteiger partial charge in [0, 0.05) is 12.6 Å². The van der Waals surface area contributed by atoms with Crippen LogP contribution in [0.2, 0.25) is 0 Å². The third kappa shape index (κ3) is 2.17. The lowest BCUT2D eigenvalue weighted by molar-refractivity contribution is -0.0627. The summed E-state index contributed by atoms with van der Waals surface area (Å²) in [6.45, 7) is 3.97. The van der Waals surface area contributed by atoms with Gasteiger partial charge in [-0.3, -0.25) is 4.90 Å². The second-order valence-electron chi connectivity index (χ2n) is 4.47. The Kier molecular flexibility index (Phi) is 3.59. The van der Waals surface area contributed by atoms with Crippen LogP contribution in [0.15, 0.2) is 0 Å². The molecule has 0 radical (unpaired) electrons. The van der Waals surface area contributed by atoms with E-state index in [1.807, 2.05) is 0 Å². The topological polar surface area (TPSA) is 38.5 Å². The molecule has 3 atom stereocenters. The van der Waals surface area contributed by atoms with Crippen molar-refractivity contribution in [3.8, 4) is 0 Å². The van der Waals surface area contributed by atoms with Gasteiger partial charge in [0.05, 0.1) is 23.7 Å². The normalized spacial score (nSPS) is 33.7. The summed E-state index contributed by atoms with van der Waals surface area (Å²) < 4.78 is 5.78. The quantitative estimate of drug-likeness (QED) is 0.739. The minimum Gasteiger partial charge on any atom is -0.392 e. The molecule has 2 fully saturated rings. The van der Waals surface area contributed by atoms with E-state index in [9.17, 15) is 0 Å². The maximum atomic E-state index is 5.81. The number of rotatable bonds is 3. The number of morpholine rings is 1. The molecule has 0 amide bonds. The first-order valence-corrected chi connectivity index (χ1v) is 6.31. The van der Waals surface area contributed by atoms with Gasteiger partial charge in [0.2, 0.25) is 0 Å². The molecule has 0 aromatic carbocycles. The molecule has 1 saturated carbocycles. The number of thiocarbonyl (C=S) groups is 1. The molecule has 15 heavy (non-hydrogen) atoms. The van der Waals surface area contributed by atoms with Crippen LogP contribution in [-0.4, -0.2) is 41.2 Å². The first-order chi connectivity index (χ1) is 7.24. The highest BCUT2D eigenvalue weighted by molar-refractivity contribution is 7.80. The van der Waals surface area contributed by atoms with Gasteiger partial charge in [0.1, 0.15) is 0 Å². The maximum absolute atomic E-state index is 5.81. The molecule has 86 valence electrons. The van der Waals surface area contributed by atoms with Crippen molar-refractivity contribution in [1.29, 1.82) is 0 Å². The van der Waals surface area contributed by atoms with Crippen molar-refractivity contribution in [3.05, 3.63) is 0 Å². The van der Waals surface area contributed by atoms with E-state index in [1.165, 1.54) is 19.3 Å². The smallest absolute Gasteiger partial charge is 0.0902 e. The summed E-state index contributed by atoms with van der Waals surface area (Å²) in [4.78, 5) is 3.12. The van der Waals surface area contributed by atoms with E-state index >= 15 is 0 Å². The first kappa shape index (κ1) is 11.3. The van der Waals surface area contributed by atoms with E-state index < -0.39 is 0 Å². The molecule has 0 aromatic heterocycles. The van der Waals surface area contributed by atoms with Crippen LogP contribution < -0.4 is 5.73 Å². The predicted octanol–water partition coefficient (Wildman–Crippen LogP) is 1.30. The molecular weight excluding hydrogens is 208 g/mol. The summed E-state index contributed by atoms with van der Waals surface area (Å²) >= 11 is 5.15. The van der Waals surface area contributed by atoms with Crippen molar-refractivity contribution < 1.29 is 4.74 Å². The highest BCUT2D eigenvalue weighted by Crippen LogP contribution is 2.31. The number of fused-ring (bicyclic) bond motifs is 1. The van der Waals surface area contributed by atoms with Gasteiger partial charge in [-0.25, -0.2) is 0 Å². The van der Waals surface area contributed by atoms with Crippen LogP contribution in [0, 0.1) is 0 Å². The minimum absolute atomic E-state index is 0.273. The average molecular weight is 228 g/mol. The molecule has 3 nitrogen and oxygen atoms in total. The van der Waals surface area contributed by atoms with Gasteiger partial charge in [-0.1, -0.05) is 19.1 Å². The van der Waals surface area contributed by atoms with E-state index in [4.69, 9.17) is 22.7 Å². The maximum Gasteiger partial charge on any atom is 0.0902 e. The molecule has 1 aliphatic carbocycles. The zero-order valence-corrected chi connectivity index (χ0v) is 10.1. The van der Waals surface area contributed by atoms with Gasteiger partial charge in [0.15, 0.2) is 0 Å². The van der Waals surface area contributed by atoms with Gasteiger partial charge in [0.25, 0.3) is 0 Å². The minimum atomic E-state index is 0.273. The summed E-state index contributed by atoms with van der Waals surface area (Å²) in [6, 6.07) is 0.833. The van der Waals surface area contributed by atoms with Crippen LogP contribution in [0.25, 0.3) is 0 Å². The van der Waals surface area contributed by atoms with Gasteiger partial charge < -0.3 is 10.5 Å². The van der Waals surface area contributed by atoms with Crippen LogP contribution in [0.1, 0.15) is 32.6 Å². The molecule has 3 unspecified atom stereocenters. The highest BCUT2D eigenvalue weighted by atomic mass is 32.1. The molecule has 4 heteroatoms. The van der Waals surface area contributed by atoms with Crippen LogP contribution in [-0.2, 0) is 4.74 Å². The lowest BCUT2D eigenvalue weighted by Gasteiger charge is -2.41. The number of ether oxygens (including phenoxy) is 1. The Morgan fingerprint density at radius 2 is 2.40 bits per heavy atom. The highest BCUT2D eigenvalue weighted by Gasteiger charge is 2.39. The summed E-state index contributed by atoms with van der Waals surface area (Å²) in [5.41, 5.74) is 5.81. The van der Waals surface area contributed by atoms with Gasteiger partial charge in [-0.2, -0.15) is 0 Å². The van der Waals surface area contributed by atoms with E-state index in [-0.39, 0.29) is 6.04 Å². The summed E-state index contributed by atoms with van der Waals surface area (Å²) in [7, 11) is 0. The van der Waals surface area contributed by atoms with Crippen molar-refractivity contribution in [2.45, 2.75) is 50.8 Å². The Hall–Kier alpha value is -0.190.